The second kappa shape index (κ2) is 7.19. The molecule has 1 aliphatic rings. The lowest BCUT2D eigenvalue weighted by Crippen LogP contribution is -2.35. The van der Waals surface area contributed by atoms with Crippen LogP contribution in [-0.2, 0) is 6.42 Å². The molecule has 7 nitrogen and oxygen atoms in total. The number of nitrogens with zero attached hydrogens (tertiary/aromatic N) is 5. The molecule has 4 heterocycles. The lowest BCUT2D eigenvalue weighted by Gasteiger charge is -2.24. The first kappa shape index (κ1) is 16.6. The van der Waals surface area contributed by atoms with Crippen LogP contribution < -0.4 is 4.90 Å². The van der Waals surface area contributed by atoms with Gasteiger partial charge in [-0.2, -0.15) is 9.61 Å². The van der Waals surface area contributed by atoms with Crippen LogP contribution in [0.2, 0.25) is 0 Å². The molecule has 26 heavy (non-hydrogen) atoms. The number of aryl methyl sites for hydroxylation is 1. The van der Waals surface area contributed by atoms with Crippen LogP contribution >= 0.6 is 0 Å². The molecule has 7 heteroatoms. The van der Waals surface area contributed by atoms with E-state index in [-0.39, 0.29) is 5.91 Å². The van der Waals surface area contributed by atoms with Crippen LogP contribution in [-0.4, -0.2) is 51.6 Å². The SMILES string of the molecule is CCCc1cc(N2CCCN(C(=O)c3ccco3)CC2)n2nccc2n1. The largest absolute Gasteiger partial charge is 0.459 e. The van der Waals surface area contributed by atoms with Gasteiger partial charge in [-0.05, 0) is 25.0 Å². The van der Waals surface area contributed by atoms with E-state index in [4.69, 9.17) is 4.42 Å². The molecule has 0 atom stereocenters. The van der Waals surface area contributed by atoms with E-state index in [0.29, 0.717) is 12.3 Å². The number of anilines is 1. The second-order valence-electron chi connectivity index (χ2n) is 6.57. The van der Waals surface area contributed by atoms with Gasteiger partial charge >= 0.3 is 0 Å². The average molecular weight is 353 g/mol. The number of hydrogen-bond acceptors (Lipinski definition) is 5. The first-order chi connectivity index (χ1) is 12.8. The van der Waals surface area contributed by atoms with Gasteiger partial charge in [-0.15, -0.1) is 0 Å². The summed E-state index contributed by atoms with van der Waals surface area (Å²) in [4.78, 5) is 21.4. The van der Waals surface area contributed by atoms with Gasteiger partial charge in [-0.3, -0.25) is 4.79 Å². The highest BCUT2D eigenvalue weighted by Gasteiger charge is 2.23. The first-order valence-electron chi connectivity index (χ1n) is 9.17. The van der Waals surface area contributed by atoms with E-state index >= 15 is 0 Å². The van der Waals surface area contributed by atoms with Gasteiger partial charge in [0.05, 0.1) is 12.5 Å². The van der Waals surface area contributed by atoms with Crippen molar-refractivity contribution in [3.8, 4) is 0 Å². The van der Waals surface area contributed by atoms with Crippen LogP contribution in [0.15, 0.2) is 41.1 Å². The molecule has 1 saturated heterocycles. The van der Waals surface area contributed by atoms with Crippen LogP contribution in [0.25, 0.3) is 5.65 Å². The summed E-state index contributed by atoms with van der Waals surface area (Å²) in [5, 5.41) is 4.44. The third kappa shape index (κ3) is 3.16. The van der Waals surface area contributed by atoms with Gasteiger partial charge < -0.3 is 14.2 Å². The zero-order valence-corrected chi connectivity index (χ0v) is 15.0. The summed E-state index contributed by atoms with van der Waals surface area (Å²) in [5.74, 6) is 1.42. The molecule has 136 valence electrons. The van der Waals surface area contributed by atoms with E-state index in [1.54, 1.807) is 18.3 Å². The molecule has 4 rings (SSSR count). The minimum atomic E-state index is -0.0394. The lowest BCUT2D eigenvalue weighted by molar-refractivity contribution is 0.0735. The zero-order chi connectivity index (χ0) is 17.9. The summed E-state index contributed by atoms with van der Waals surface area (Å²) >= 11 is 0. The number of carbonyl (C=O) groups is 1. The van der Waals surface area contributed by atoms with Gasteiger partial charge in [0.25, 0.3) is 5.91 Å². The first-order valence-corrected chi connectivity index (χ1v) is 9.17. The molecular formula is C19H23N5O2. The summed E-state index contributed by atoms with van der Waals surface area (Å²) in [6, 6.07) is 7.54. The molecule has 0 bridgehead atoms. The van der Waals surface area contributed by atoms with Crippen molar-refractivity contribution in [1.82, 2.24) is 19.5 Å². The molecule has 3 aromatic heterocycles. The van der Waals surface area contributed by atoms with Crippen molar-refractivity contribution in [3.63, 3.8) is 0 Å². The number of fused-ring (bicyclic) bond motifs is 1. The van der Waals surface area contributed by atoms with Crippen molar-refractivity contribution >= 4 is 17.4 Å². The number of rotatable bonds is 4. The van der Waals surface area contributed by atoms with Gasteiger partial charge in [0, 0.05) is 44.0 Å². The minimum Gasteiger partial charge on any atom is -0.459 e. The predicted octanol–water partition coefficient (Wildman–Crippen LogP) is 2.63. The number of furan rings is 1. The van der Waals surface area contributed by atoms with Crippen LogP contribution in [0.5, 0.6) is 0 Å². The Morgan fingerprint density at radius 1 is 1.23 bits per heavy atom. The molecule has 1 fully saturated rings. The molecule has 3 aromatic rings. The van der Waals surface area contributed by atoms with Gasteiger partial charge in [0.2, 0.25) is 0 Å². The van der Waals surface area contributed by atoms with E-state index in [1.807, 2.05) is 15.5 Å². The normalized spacial score (nSPS) is 15.4. The number of amides is 1. The Morgan fingerprint density at radius 3 is 2.96 bits per heavy atom. The maximum Gasteiger partial charge on any atom is 0.289 e. The van der Waals surface area contributed by atoms with Crippen LogP contribution in [0.3, 0.4) is 0 Å². The fourth-order valence-corrected chi connectivity index (χ4v) is 3.46. The Kier molecular flexibility index (Phi) is 4.60. The maximum atomic E-state index is 12.6. The smallest absolute Gasteiger partial charge is 0.289 e. The highest BCUT2D eigenvalue weighted by atomic mass is 16.3. The van der Waals surface area contributed by atoms with Crippen LogP contribution in [0.1, 0.15) is 36.0 Å². The number of aromatic nitrogens is 3. The van der Waals surface area contributed by atoms with Gasteiger partial charge in [0.15, 0.2) is 11.4 Å². The Morgan fingerprint density at radius 2 is 2.15 bits per heavy atom. The Hall–Kier alpha value is -2.83. The van der Waals surface area contributed by atoms with Crippen molar-refractivity contribution in [2.45, 2.75) is 26.2 Å². The topological polar surface area (TPSA) is 66.9 Å². The third-order valence-electron chi connectivity index (χ3n) is 4.74. The quantitative estimate of drug-likeness (QED) is 0.721. The molecule has 0 unspecified atom stereocenters. The van der Waals surface area contributed by atoms with E-state index in [2.05, 4.69) is 28.0 Å². The Balaban J connectivity index is 1.56. The Labute approximate surface area is 152 Å². The highest BCUT2D eigenvalue weighted by molar-refractivity contribution is 5.91. The molecular weight excluding hydrogens is 330 g/mol. The molecule has 0 aromatic carbocycles. The Bertz CT molecular complexity index is 887. The van der Waals surface area contributed by atoms with E-state index in [0.717, 1.165) is 56.1 Å². The maximum absolute atomic E-state index is 12.6. The van der Waals surface area contributed by atoms with Gasteiger partial charge in [0.1, 0.15) is 5.82 Å². The molecule has 0 aliphatic carbocycles. The highest BCUT2D eigenvalue weighted by Crippen LogP contribution is 2.20. The molecule has 0 saturated carbocycles. The van der Waals surface area contributed by atoms with Crippen molar-refractivity contribution in [2.75, 3.05) is 31.1 Å². The van der Waals surface area contributed by atoms with E-state index in [9.17, 15) is 4.79 Å². The summed E-state index contributed by atoms with van der Waals surface area (Å²) in [6.07, 6.45) is 6.23. The molecule has 0 radical (unpaired) electrons. The van der Waals surface area contributed by atoms with Crippen molar-refractivity contribution < 1.29 is 9.21 Å². The van der Waals surface area contributed by atoms with Crippen LogP contribution in [0.4, 0.5) is 5.82 Å². The summed E-state index contributed by atoms with van der Waals surface area (Å²) < 4.78 is 7.16. The van der Waals surface area contributed by atoms with E-state index in [1.165, 1.54) is 6.26 Å². The van der Waals surface area contributed by atoms with Crippen LogP contribution in [0, 0.1) is 0 Å². The fourth-order valence-electron chi connectivity index (χ4n) is 3.46. The van der Waals surface area contributed by atoms with Gasteiger partial charge in [-0.1, -0.05) is 13.3 Å². The fraction of sp³-hybridized carbons (Fsp3) is 0.421. The average Bonchev–Trinajstić information content (AvgIpc) is 3.28. The summed E-state index contributed by atoms with van der Waals surface area (Å²) in [6.45, 7) is 5.19. The van der Waals surface area contributed by atoms with Crippen molar-refractivity contribution in [1.29, 1.82) is 0 Å². The van der Waals surface area contributed by atoms with Gasteiger partial charge in [-0.25, -0.2) is 4.98 Å². The van der Waals surface area contributed by atoms with Crippen molar-refractivity contribution in [3.05, 3.63) is 48.2 Å². The lowest BCUT2D eigenvalue weighted by atomic mass is 10.2. The molecule has 1 amide bonds. The molecule has 1 aliphatic heterocycles. The molecule has 0 spiro atoms. The third-order valence-corrected chi connectivity index (χ3v) is 4.74. The summed E-state index contributed by atoms with van der Waals surface area (Å²) in [5.41, 5.74) is 1.96. The van der Waals surface area contributed by atoms with E-state index < -0.39 is 0 Å². The number of hydrogen-bond donors (Lipinski definition) is 0. The predicted molar refractivity (Wildman–Crippen MR) is 98.4 cm³/mol. The second-order valence-corrected chi connectivity index (χ2v) is 6.57. The zero-order valence-electron chi connectivity index (χ0n) is 15.0. The minimum absolute atomic E-state index is 0.0394. The summed E-state index contributed by atoms with van der Waals surface area (Å²) in [7, 11) is 0. The monoisotopic (exact) mass is 353 g/mol. The van der Waals surface area contributed by atoms with Crippen molar-refractivity contribution in [2.24, 2.45) is 0 Å². The standard InChI is InChI=1S/C19H23N5O2/c1-2-5-15-14-18(24-17(21-15)7-8-20-24)22-9-4-10-23(12-11-22)19(25)16-6-3-13-26-16/h3,6-8,13-14H,2,4-5,9-12H2,1H3. The molecule has 0 N–H and O–H groups in total. The number of carbonyl (C=O) groups excluding carboxylic acids is 1.